The fourth-order valence-corrected chi connectivity index (χ4v) is 5.32. The number of carbonyl (C=O) groups excluding carboxylic acids is 1. The Balaban J connectivity index is 1.39. The lowest BCUT2D eigenvalue weighted by Gasteiger charge is -2.23. The van der Waals surface area contributed by atoms with Crippen LogP contribution in [0.4, 0.5) is 5.69 Å². The van der Waals surface area contributed by atoms with E-state index in [0.717, 1.165) is 27.8 Å². The Morgan fingerprint density at radius 3 is 2.50 bits per heavy atom. The lowest BCUT2D eigenvalue weighted by Crippen LogP contribution is -2.42. The minimum absolute atomic E-state index is 0.0317. The smallest absolute Gasteiger partial charge is 0.246 e. The summed E-state index contributed by atoms with van der Waals surface area (Å²) in [6.45, 7) is 0.953. The van der Waals surface area contributed by atoms with Crippen molar-refractivity contribution >= 4 is 22.4 Å². The van der Waals surface area contributed by atoms with Gasteiger partial charge in [0.05, 0.1) is 6.54 Å². The Morgan fingerprint density at radius 1 is 0.781 bits per heavy atom. The molecule has 0 saturated carbocycles. The molecule has 3 heterocycles. The normalized spacial score (nSPS) is 20.0. The molecule has 156 valence electrons. The van der Waals surface area contributed by atoms with Crippen LogP contribution in [0.2, 0.25) is 0 Å². The SMILES string of the molecule is O=C1N(Cc2cccc3ccccc23)c2ccccc2C12COc1cc3c(cc12)OCO3. The monoisotopic (exact) mass is 421 g/mol. The van der Waals surface area contributed by atoms with E-state index in [2.05, 4.69) is 30.3 Å². The molecule has 32 heavy (non-hydrogen) atoms. The van der Waals surface area contributed by atoms with Crippen molar-refractivity contribution in [1.82, 2.24) is 0 Å². The van der Waals surface area contributed by atoms with Gasteiger partial charge in [0.25, 0.3) is 0 Å². The first kappa shape index (κ1) is 17.7. The van der Waals surface area contributed by atoms with Crippen molar-refractivity contribution in [3.05, 3.63) is 95.6 Å². The highest BCUT2D eigenvalue weighted by Crippen LogP contribution is 2.55. The quantitative estimate of drug-likeness (QED) is 0.467. The van der Waals surface area contributed by atoms with Gasteiger partial charge in [0, 0.05) is 17.3 Å². The number of fused-ring (bicyclic) bond motifs is 6. The van der Waals surface area contributed by atoms with Crippen molar-refractivity contribution in [3.63, 3.8) is 0 Å². The molecule has 0 aromatic heterocycles. The van der Waals surface area contributed by atoms with Crippen molar-refractivity contribution < 1.29 is 19.0 Å². The second-order valence-electron chi connectivity index (χ2n) is 8.44. The highest BCUT2D eigenvalue weighted by atomic mass is 16.7. The second kappa shape index (κ2) is 6.26. The zero-order valence-corrected chi connectivity index (χ0v) is 17.2. The minimum Gasteiger partial charge on any atom is -0.491 e. The second-order valence-corrected chi connectivity index (χ2v) is 8.44. The molecule has 0 radical (unpaired) electrons. The van der Waals surface area contributed by atoms with Gasteiger partial charge in [-0.3, -0.25) is 4.79 Å². The van der Waals surface area contributed by atoms with Gasteiger partial charge >= 0.3 is 0 Å². The number of benzene rings is 4. The van der Waals surface area contributed by atoms with Gasteiger partial charge in [-0.05, 0) is 34.0 Å². The summed E-state index contributed by atoms with van der Waals surface area (Å²) in [4.78, 5) is 16.1. The number of amides is 1. The van der Waals surface area contributed by atoms with Gasteiger partial charge < -0.3 is 19.1 Å². The fourth-order valence-electron chi connectivity index (χ4n) is 5.32. The van der Waals surface area contributed by atoms with Gasteiger partial charge in [0.1, 0.15) is 17.8 Å². The number of hydrogen-bond donors (Lipinski definition) is 0. The molecule has 7 rings (SSSR count). The Bertz CT molecular complexity index is 1420. The number of para-hydroxylation sites is 1. The summed E-state index contributed by atoms with van der Waals surface area (Å²) >= 11 is 0. The van der Waals surface area contributed by atoms with E-state index in [0.29, 0.717) is 23.8 Å². The summed E-state index contributed by atoms with van der Waals surface area (Å²) in [5.74, 6) is 2.03. The molecule has 5 heteroatoms. The van der Waals surface area contributed by atoms with Crippen LogP contribution in [0.1, 0.15) is 16.7 Å². The van der Waals surface area contributed by atoms with E-state index in [-0.39, 0.29) is 19.3 Å². The molecule has 4 aromatic rings. The first-order valence-corrected chi connectivity index (χ1v) is 10.7. The molecule has 4 aromatic carbocycles. The molecule has 1 spiro atoms. The van der Waals surface area contributed by atoms with Crippen molar-refractivity contribution in [1.29, 1.82) is 0 Å². The van der Waals surface area contributed by atoms with Gasteiger partial charge in [-0.1, -0.05) is 60.7 Å². The van der Waals surface area contributed by atoms with Gasteiger partial charge in [-0.25, -0.2) is 0 Å². The molecule has 3 aliphatic heterocycles. The van der Waals surface area contributed by atoms with Gasteiger partial charge in [0.2, 0.25) is 12.7 Å². The van der Waals surface area contributed by atoms with Crippen LogP contribution < -0.4 is 19.1 Å². The van der Waals surface area contributed by atoms with E-state index >= 15 is 0 Å². The first-order chi connectivity index (χ1) is 15.8. The van der Waals surface area contributed by atoms with Crippen LogP contribution in [0.25, 0.3) is 10.8 Å². The van der Waals surface area contributed by atoms with E-state index in [1.54, 1.807) is 0 Å². The molecule has 0 saturated heterocycles. The molecular formula is C27H19NO4. The molecule has 5 nitrogen and oxygen atoms in total. The molecule has 0 aliphatic carbocycles. The van der Waals surface area contributed by atoms with Gasteiger partial charge in [0.15, 0.2) is 11.5 Å². The van der Waals surface area contributed by atoms with E-state index in [9.17, 15) is 4.79 Å². The van der Waals surface area contributed by atoms with E-state index in [1.165, 1.54) is 5.39 Å². The average Bonchev–Trinajstić information content (AvgIpc) is 3.51. The molecule has 0 fully saturated rings. The Kier molecular flexibility index (Phi) is 3.46. The molecule has 0 N–H and O–H groups in total. The van der Waals surface area contributed by atoms with E-state index < -0.39 is 5.41 Å². The summed E-state index contributed by atoms with van der Waals surface area (Å²) in [5, 5.41) is 2.33. The van der Waals surface area contributed by atoms with Gasteiger partial charge in [-0.15, -0.1) is 0 Å². The van der Waals surface area contributed by atoms with Crippen LogP contribution in [0, 0.1) is 0 Å². The Hall–Kier alpha value is -3.99. The maximum Gasteiger partial charge on any atom is 0.246 e. The van der Waals surface area contributed by atoms with Crippen molar-refractivity contribution in [2.45, 2.75) is 12.0 Å². The maximum atomic E-state index is 14.2. The number of carbonyl (C=O) groups is 1. The van der Waals surface area contributed by atoms with Crippen molar-refractivity contribution in [2.75, 3.05) is 18.3 Å². The predicted octanol–water partition coefficient (Wildman–Crippen LogP) is 4.79. The lowest BCUT2D eigenvalue weighted by atomic mass is 9.77. The number of rotatable bonds is 2. The summed E-state index contributed by atoms with van der Waals surface area (Å²) in [6, 6.07) is 26.3. The Labute approximate surface area is 184 Å². The third-order valence-corrected chi connectivity index (χ3v) is 6.85. The summed E-state index contributed by atoms with van der Waals surface area (Å²) in [5.41, 5.74) is 2.99. The average molecular weight is 421 g/mol. The van der Waals surface area contributed by atoms with E-state index in [4.69, 9.17) is 14.2 Å². The van der Waals surface area contributed by atoms with Crippen LogP contribution in [-0.4, -0.2) is 19.3 Å². The molecule has 1 unspecified atom stereocenters. The Morgan fingerprint density at radius 2 is 1.56 bits per heavy atom. The van der Waals surface area contributed by atoms with Crippen LogP contribution >= 0.6 is 0 Å². The van der Waals surface area contributed by atoms with Gasteiger partial charge in [-0.2, -0.15) is 0 Å². The summed E-state index contributed by atoms with van der Waals surface area (Å²) < 4.78 is 17.2. The summed E-state index contributed by atoms with van der Waals surface area (Å²) in [6.07, 6.45) is 0. The number of nitrogens with zero attached hydrogens (tertiary/aromatic N) is 1. The summed E-state index contributed by atoms with van der Waals surface area (Å²) in [7, 11) is 0. The molecule has 1 amide bonds. The largest absolute Gasteiger partial charge is 0.491 e. The number of ether oxygens (including phenoxy) is 3. The topological polar surface area (TPSA) is 48.0 Å². The third-order valence-electron chi connectivity index (χ3n) is 6.85. The van der Waals surface area contributed by atoms with Crippen LogP contribution in [-0.2, 0) is 16.8 Å². The maximum absolute atomic E-state index is 14.2. The standard InChI is InChI=1S/C27H19NO4/c29-26-27(15-30-23-13-25-24(12-21(23)27)31-16-32-25)20-10-3-4-11-22(20)28(26)14-18-8-5-7-17-6-1-2-9-19(17)18/h1-13H,14-16H2. The van der Waals surface area contributed by atoms with Crippen molar-refractivity contribution in [3.8, 4) is 17.2 Å². The lowest BCUT2D eigenvalue weighted by molar-refractivity contribution is -0.122. The van der Waals surface area contributed by atoms with Crippen molar-refractivity contribution in [2.24, 2.45) is 0 Å². The third kappa shape index (κ3) is 2.20. The molecule has 0 bridgehead atoms. The number of anilines is 1. The van der Waals surface area contributed by atoms with Crippen LogP contribution in [0.3, 0.4) is 0 Å². The van der Waals surface area contributed by atoms with Crippen LogP contribution in [0.5, 0.6) is 17.2 Å². The van der Waals surface area contributed by atoms with Crippen LogP contribution in [0.15, 0.2) is 78.9 Å². The molecule has 3 aliphatic rings. The fraction of sp³-hybridized carbons (Fsp3) is 0.148. The molecule has 1 atom stereocenters. The first-order valence-electron chi connectivity index (χ1n) is 10.7. The highest BCUT2D eigenvalue weighted by molar-refractivity contribution is 6.11. The number of hydrogen-bond acceptors (Lipinski definition) is 4. The predicted molar refractivity (Wildman–Crippen MR) is 120 cm³/mol. The van der Waals surface area contributed by atoms with E-state index in [1.807, 2.05) is 53.4 Å². The zero-order chi connectivity index (χ0) is 21.3. The molecular weight excluding hydrogens is 402 g/mol. The zero-order valence-electron chi connectivity index (χ0n) is 17.2. The minimum atomic E-state index is -0.877. The highest BCUT2D eigenvalue weighted by Gasteiger charge is 2.57.